The van der Waals surface area contributed by atoms with E-state index < -0.39 is 0 Å². The lowest BCUT2D eigenvalue weighted by molar-refractivity contribution is -0.136. The Balaban J connectivity index is 1.30. The number of carbonyl (C=O) groups excluding carboxylic acids is 1. The molecule has 3 heterocycles. The number of hydrogen-bond donors (Lipinski definition) is 1. The highest BCUT2D eigenvalue weighted by atomic mass is 16.5. The molecule has 1 amide bonds. The first kappa shape index (κ1) is 22.6. The minimum Gasteiger partial charge on any atom is -0.492 e. The average Bonchev–Trinajstić information content (AvgIpc) is 3.32. The number of anilines is 1. The standard InChI is InChI=1S/C24H29N5O4/c1-2-27(22-4-3-10-25-24(22)31)14-17-33-20-7-5-19(6-8-20)21-9-11-29(26-21)18-23(30)28-12-15-32-16-13-28/h3-11H,2,12-18H2,1H3,(H,25,31). The van der Waals surface area contributed by atoms with Gasteiger partial charge in [-0.15, -0.1) is 0 Å². The van der Waals surface area contributed by atoms with Gasteiger partial charge in [-0.3, -0.25) is 14.3 Å². The van der Waals surface area contributed by atoms with Crippen molar-refractivity contribution in [2.75, 3.05) is 50.9 Å². The molecule has 0 radical (unpaired) electrons. The molecule has 1 saturated heterocycles. The fraction of sp³-hybridized carbons (Fsp3) is 0.375. The monoisotopic (exact) mass is 451 g/mol. The Kier molecular flexibility index (Phi) is 7.41. The van der Waals surface area contributed by atoms with E-state index in [4.69, 9.17) is 9.47 Å². The minimum atomic E-state index is -0.102. The van der Waals surface area contributed by atoms with Gasteiger partial charge in [0.25, 0.3) is 5.56 Å². The predicted octanol–water partition coefficient (Wildman–Crippen LogP) is 2.00. The lowest BCUT2D eigenvalue weighted by atomic mass is 10.1. The second-order valence-electron chi connectivity index (χ2n) is 7.73. The van der Waals surface area contributed by atoms with Crippen molar-refractivity contribution in [3.8, 4) is 17.0 Å². The molecule has 1 N–H and O–H groups in total. The summed E-state index contributed by atoms with van der Waals surface area (Å²) in [5.41, 5.74) is 2.29. The highest BCUT2D eigenvalue weighted by Crippen LogP contribution is 2.21. The van der Waals surface area contributed by atoms with Gasteiger partial charge in [0.15, 0.2) is 0 Å². The van der Waals surface area contributed by atoms with E-state index in [1.165, 1.54) is 0 Å². The molecule has 9 heteroatoms. The molecule has 1 aromatic carbocycles. The van der Waals surface area contributed by atoms with E-state index in [-0.39, 0.29) is 18.0 Å². The van der Waals surface area contributed by atoms with Crippen LogP contribution in [0.1, 0.15) is 6.92 Å². The summed E-state index contributed by atoms with van der Waals surface area (Å²) in [5, 5.41) is 4.54. The third kappa shape index (κ3) is 5.81. The molecular formula is C24H29N5O4. The first-order chi connectivity index (χ1) is 16.1. The van der Waals surface area contributed by atoms with Gasteiger partial charge in [-0.25, -0.2) is 0 Å². The van der Waals surface area contributed by atoms with Crippen molar-refractivity contribution >= 4 is 11.6 Å². The Morgan fingerprint density at radius 2 is 1.97 bits per heavy atom. The highest BCUT2D eigenvalue weighted by Gasteiger charge is 2.17. The third-order valence-corrected chi connectivity index (χ3v) is 5.60. The Bertz CT molecular complexity index is 1100. The van der Waals surface area contributed by atoms with Crippen molar-refractivity contribution in [3.05, 3.63) is 65.2 Å². The second kappa shape index (κ2) is 10.8. The first-order valence-corrected chi connectivity index (χ1v) is 11.2. The Hall–Kier alpha value is -3.59. The Morgan fingerprint density at radius 1 is 1.18 bits per heavy atom. The number of rotatable bonds is 9. The number of likely N-dealkylation sites (N-methyl/N-ethyl adjacent to an activating group) is 1. The second-order valence-corrected chi connectivity index (χ2v) is 7.73. The van der Waals surface area contributed by atoms with Crippen LogP contribution < -0.4 is 15.2 Å². The molecule has 33 heavy (non-hydrogen) atoms. The summed E-state index contributed by atoms with van der Waals surface area (Å²) in [6.07, 6.45) is 3.45. The molecule has 0 saturated carbocycles. The van der Waals surface area contributed by atoms with Crippen LogP contribution in [-0.4, -0.2) is 71.6 Å². The maximum Gasteiger partial charge on any atom is 0.271 e. The van der Waals surface area contributed by atoms with E-state index in [9.17, 15) is 9.59 Å². The third-order valence-electron chi connectivity index (χ3n) is 5.60. The fourth-order valence-electron chi connectivity index (χ4n) is 3.76. The van der Waals surface area contributed by atoms with Gasteiger partial charge in [-0.2, -0.15) is 5.10 Å². The molecule has 2 aromatic heterocycles. The molecule has 1 aliphatic rings. The Morgan fingerprint density at radius 3 is 2.70 bits per heavy atom. The van der Waals surface area contributed by atoms with E-state index in [1.807, 2.05) is 65.4 Å². The van der Waals surface area contributed by atoms with Crippen molar-refractivity contribution in [3.63, 3.8) is 0 Å². The highest BCUT2D eigenvalue weighted by molar-refractivity contribution is 5.76. The first-order valence-electron chi connectivity index (χ1n) is 11.2. The molecule has 1 fully saturated rings. The molecule has 9 nitrogen and oxygen atoms in total. The lowest BCUT2D eigenvalue weighted by Gasteiger charge is -2.26. The number of aromatic amines is 1. The fourth-order valence-corrected chi connectivity index (χ4v) is 3.76. The SMILES string of the molecule is CCN(CCOc1ccc(-c2ccn(CC(=O)N3CCOCC3)n2)cc1)c1ccc[nH]c1=O. The van der Waals surface area contributed by atoms with Gasteiger partial charge in [0, 0.05) is 37.6 Å². The van der Waals surface area contributed by atoms with Gasteiger partial charge in [0.2, 0.25) is 5.91 Å². The maximum absolute atomic E-state index is 12.4. The summed E-state index contributed by atoms with van der Waals surface area (Å²) >= 11 is 0. The van der Waals surface area contributed by atoms with Crippen molar-refractivity contribution in [1.82, 2.24) is 19.7 Å². The normalized spacial score (nSPS) is 13.7. The molecule has 3 aromatic rings. The lowest BCUT2D eigenvalue weighted by Crippen LogP contribution is -2.42. The van der Waals surface area contributed by atoms with Gasteiger partial charge in [-0.05, 0) is 49.4 Å². The van der Waals surface area contributed by atoms with Gasteiger partial charge in [0.1, 0.15) is 24.6 Å². The van der Waals surface area contributed by atoms with Gasteiger partial charge < -0.3 is 24.3 Å². The van der Waals surface area contributed by atoms with Crippen molar-refractivity contribution in [2.24, 2.45) is 0 Å². The zero-order valence-corrected chi connectivity index (χ0v) is 18.8. The number of pyridine rings is 1. The van der Waals surface area contributed by atoms with E-state index in [0.717, 1.165) is 17.0 Å². The quantitative estimate of drug-likeness (QED) is 0.535. The molecule has 4 rings (SSSR count). The zero-order chi connectivity index (χ0) is 23.0. The molecule has 0 spiro atoms. The molecule has 174 valence electrons. The molecule has 1 aliphatic heterocycles. The van der Waals surface area contributed by atoms with Crippen LogP contribution in [0.5, 0.6) is 5.75 Å². The summed E-state index contributed by atoms with van der Waals surface area (Å²) in [6.45, 7) is 6.45. The van der Waals surface area contributed by atoms with E-state index in [1.54, 1.807) is 10.9 Å². The largest absolute Gasteiger partial charge is 0.492 e. The van der Waals surface area contributed by atoms with Gasteiger partial charge in [-0.1, -0.05) is 0 Å². The summed E-state index contributed by atoms with van der Waals surface area (Å²) in [5.74, 6) is 0.800. The maximum atomic E-state index is 12.4. The van der Waals surface area contributed by atoms with Crippen molar-refractivity contribution < 1.29 is 14.3 Å². The van der Waals surface area contributed by atoms with Crippen LogP contribution in [0.2, 0.25) is 0 Å². The van der Waals surface area contributed by atoms with Crippen LogP contribution in [0.4, 0.5) is 5.69 Å². The topological polar surface area (TPSA) is 92.7 Å². The summed E-state index contributed by atoms with van der Waals surface area (Å²) in [4.78, 5) is 30.9. The number of amides is 1. The van der Waals surface area contributed by atoms with Crippen LogP contribution in [0.15, 0.2) is 59.7 Å². The van der Waals surface area contributed by atoms with Crippen molar-refractivity contribution in [1.29, 1.82) is 0 Å². The minimum absolute atomic E-state index is 0.0512. The van der Waals surface area contributed by atoms with Crippen LogP contribution in [0, 0.1) is 0 Å². The van der Waals surface area contributed by atoms with Crippen LogP contribution >= 0.6 is 0 Å². The molecule has 0 atom stereocenters. The summed E-state index contributed by atoms with van der Waals surface area (Å²) in [6, 6.07) is 13.2. The number of nitrogens with zero attached hydrogens (tertiary/aromatic N) is 4. The predicted molar refractivity (Wildman–Crippen MR) is 126 cm³/mol. The Labute approximate surface area is 192 Å². The van der Waals surface area contributed by atoms with Crippen LogP contribution in [0.25, 0.3) is 11.3 Å². The van der Waals surface area contributed by atoms with Crippen molar-refractivity contribution in [2.45, 2.75) is 13.5 Å². The summed E-state index contributed by atoms with van der Waals surface area (Å²) in [7, 11) is 0. The number of carbonyl (C=O) groups is 1. The van der Waals surface area contributed by atoms with Crippen LogP contribution in [-0.2, 0) is 16.1 Å². The number of morpholine rings is 1. The van der Waals surface area contributed by atoms with Gasteiger partial charge >= 0.3 is 0 Å². The number of ether oxygens (including phenoxy) is 2. The molecule has 0 aliphatic carbocycles. The average molecular weight is 452 g/mol. The summed E-state index contributed by atoms with van der Waals surface area (Å²) < 4.78 is 12.8. The number of aromatic nitrogens is 3. The van der Waals surface area contributed by atoms with Crippen LogP contribution in [0.3, 0.4) is 0 Å². The number of benzene rings is 1. The molecule has 0 unspecified atom stereocenters. The number of hydrogen-bond acceptors (Lipinski definition) is 6. The molecular weight excluding hydrogens is 422 g/mol. The smallest absolute Gasteiger partial charge is 0.271 e. The van der Waals surface area contributed by atoms with E-state index in [2.05, 4.69) is 10.1 Å². The molecule has 0 bridgehead atoms. The van der Waals surface area contributed by atoms with E-state index in [0.29, 0.717) is 51.7 Å². The van der Waals surface area contributed by atoms with Gasteiger partial charge in [0.05, 0.1) is 25.5 Å². The van der Waals surface area contributed by atoms with E-state index >= 15 is 0 Å². The zero-order valence-electron chi connectivity index (χ0n) is 18.8. The number of H-pyrrole nitrogens is 1. The number of nitrogens with one attached hydrogen (secondary N) is 1.